The van der Waals surface area contributed by atoms with Crippen molar-refractivity contribution in [3.8, 4) is 11.3 Å². The van der Waals surface area contributed by atoms with Crippen LogP contribution in [0.4, 0.5) is 0 Å². The average molecular weight is 513 g/mol. The lowest BCUT2D eigenvalue weighted by molar-refractivity contribution is 0.0711. The Hall–Kier alpha value is -3.78. The van der Waals surface area contributed by atoms with E-state index in [-0.39, 0.29) is 23.8 Å². The highest BCUT2D eigenvalue weighted by Gasteiger charge is 2.31. The fraction of sp³-hybridized carbons (Fsp3) is 0.310. The first kappa shape index (κ1) is 23.6. The maximum atomic E-state index is 13.4. The molecule has 37 heavy (non-hydrogen) atoms. The van der Waals surface area contributed by atoms with E-state index in [4.69, 9.17) is 9.51 Å². The molecule has 2 aromatic carbocycles. The lowest BCUT2D eigenvalue weighted by atomic mass is 9.96. The summed E-state index contributed by atoms with van der Waals surface area (Å²) < 4.78 is 5.40. The van der Waals surface area contributed by atoms with E-state index in [1.807, 2.05) is 52.7 Å². The highest BCUT2D eigenvalue weighted by Crippen LogP contribution is 2.33. The van der Waals surface area contributed by atoms with E-state index < -0.39 is 0 Å². The molecule has 0 saturated carbocycles. The Morgan fingerprint density at radius 1 is 1.00 bits per heavy atom. The number of amides is 2. The summed E-state index contributed by atoms with van der Waals surface area (Å²) in [6.45, 7) is 3.04. The van der Waals surface area contributed by atoms with E-state index >= 15 is 0 Å². The fourth-order valence-corrected chi connectivity index (χ4v) is 6.38. The number of hydrogen-bond acceptors (Lipinski definition) is 6. The van der Waals surface area contributed by atoms with Crippen LogP contribution in [0.15, 0.2) is 64.5 Å². The van der Waals surface area contributed by atoms with E-state index in [1.54, 1.807) is 6.92 Å². The number of benzene rings is 2. The van der Waals surface area contributed by atoms with Crippen molar-refractivity contribution in [3.63, 3.8) is 0 Å². The van der Waals surface area contributed by atoms with Gasteiger partial charge in [0.2, 0.25) is 0 Å². The molecular formula is C29H28N4O3S. The quantitative estimate of drug-likeness (QED) is 0.406. The molecule has 2 aromatic heterocycles. The van der Waals surface area contributed by atoms with Crippen molar-refractivity contribution in [2.75, 3.05) is 13.1 Å². The molecule has 4 aromatic rings. The van der Waals surface area contributed by atoms with Gasteiger partial charge in [-0.15, -0.1) is 11.3 Å². The molecule has 1 aliphatic carbocycles. The normalized spacial score (nSPS) is 16.1. The lowest BCUT2D eigenvalue weighted by Gasteiger charge is -2.31. The predicted molar refractivity (Wildman–Crippen MR) is 142 cm³/mol. The van der Waals surface area contributed by atoms with Crippen LogP contribution in [0.25, 0.3) is 11.3 Å². The van der Waals surface area contributed by atoms with Gasteiger partial charge in [0.1, 0.15) is 22.7 Å². The number of thiazole rings is 1. The molecule has 188 valence electrons. The summed E-state index contributed by atoms with van der Waals surface area (Å²) in [6, 6.07) is 18.1. The zero-order valence-corrected chi connectivity index (χ0v) is 21.5. The third-order valence-electron chi connectivity index (χ3n) is 7.40. The molecule has 0 atom stereocenters. The van der Waals surface area contributed by atoms with Gasteiger partial charge in [0.05, 0.1) is 5.01 Å². The molecule has 2 aliphatic rings. The maximum Gasteiger partial charge on any atom is 0.270 e. The van der Waals surface area contributed by atoms with Crippen LogP contribution in [0.2, 0.25) is 0 Å². The van der Waals surface area contributed by atoms with E-state index in [2.05, 4.69) is 22.6 Å². The Morgan fingerprint density at radius 3 is 2.38 bits per heavy atom. The van der Waals surface area contributed by atoms with Crippen molar-refractivity contribution >= 4 is 23.2 Å². The first-order valence-electron chi connectivity index (χ1n) is 12.7. The summed E-state index contributed by atoms with van der Waals surface area (Å²) in [6.07, 6.45) is 3.35. The molecule has 7 nitrogen and oxygen atoms in total. The number of piperidine rings is 1. The molecule has 1 N–H and O–H groups in total. The van der Waals surface area contributed by atoms with Crippen molar-refractivity contribution < 1.29 is 14.1 Å². The molecule has 0 unspecified atom stereocenters. The van der Waals surface area contributed by atoms with Gasteiger partial charge < -0.3 is 14.7 Å². The summed E-state index contributed by atoms with van der Waals surface area (Å²) in [5, 5.41) is 10.1. The van der Waals surface area contributed by atoms with E-state index in [9.17, 15) is 9.59 Å². The Bertz CT molecular complexity index is 1410. The molecule has 6 rings (SSSR count). The zero-order valence-electron chi connectivity index (χ0n) is 20.6. The number of nitrogens with one attached hydrogen (secondary N) is 1. The number of aryl methyl sites for hydroxylation is 1. The Labute approximate surface area is 219 Å². The van der Waals surface area contributed by atoms with Gasteiger partial charge in [-0.2, -0.15) is 0 Å². The fourth-order valence-electron chi connectivity index (χ4n) is 5.40. The third kappa shape index (κ3) is 4.69. The number of hydrogen-bond donors (Lipinski definition) is 1. The van der Waals surface area contributed by atoms with Crippen LogP contribution in [0.5, 0.6) is 0 Å². The van der Waals surface area contributed by atoms with E-state index in [0.29, 0.717) is 35.8 Å². The molecule has 8 heteroatoms. The summed E-state index contributed by atoms with van der Waals surface area (Å²) in [4.78, 5) is 32.9. The SMILES string of the molecule is Cc1onc(-c2ccccc2)c1C(=O)N1CCC(c2nc(C(=O)NC3Cc4ccccc4C3)cs2)CC1. The second-order valence-electron chi connectivity index (χ2n) is 9.81. The van der Waals surface area contributed by atoms with Crippen molar-refractivity contribution in [1.82, 2.24) is 20.4 Å². The zero-order chi connectivity index (χ0) is 25.4. The highest BCUT2D eigenvalue weighted by atomic mass is 32.1. The van der Waals surface area contributed by atoms with Gasteiger partial charge in [-0.3, -0.25) is 9.59 Å². The van der Waals surface area contributed by atoms with Crippen LogP contribution < -0.4 is 5.32 Å². The molecule has 0 bridgehead atoms. The number of aromatic nitrogens is 2. The maximum absolute atomic E-state index is 13.4. The van der Waals surface area contributed by atoms with Crippen molar-refractivity contribution in [3.05, 3.63) is 93.1 Å². The smallest absolute Gasteiger partial charge is 0.270 e. The number of carbonyl (C=O) groups is 2. The second kappa shape index (κ2) is 9.94. The minimum atomic E-state index is -0.107. The number of nitrogens with zero attached hydrogens (tertiary/aromatic N) is 3. The minimum absolute atomic E-state index is 0.0483. The standard InChI is InChI=1S/C29H28N4O3S/c1-18-25(26(32-36-18)19-7-3-2-4-8-19)29(35)33-13-11-20(12-14-33)28-31-24(17-37-28)27(34)30-23-15-21-9-5-6-10-22(21)16-23/h2-10,17,20,23H,11-16H2,1H3,(H,30,34). The Morgan fingerprint density at radius 2 is 1.68 bits per heavy atom. The van der Waals surface area contributed by atoms with Crippen molar-refractivity contribution in [2.24, 2.45) is 0 Å². The van der Waals surface area contributed by atoms with Gasteiger partial charge in [0.25, 0.3) is 11.8 Å². The van der Waals surface area contributed by atoms with Crippen molar-refractivity contribution in [2.45, 2.75) is 44.6 Å². The van der Waals surface area contributed by atoms with Crippen LogP contribution in [-0.2, 0) is 12.8 Å². The van der Waals surface area contributed by atoms with Gasteiger partial charge in [0.15, 0.2) is 0 Å². The number of rotatable bonds is 5. The van der Waals surface area contributed by atoms with Crippen LogP contribution >= 0.6 is 11.3 Å². The molecule has 3 heterocycles. The van der Waals surface area contributed by atoms with Gasteiger partial charge >= 0.3 is 0 Å². The molecule has 0 radical (unpaired) electrons. The monoisotopic (exact) mass is 512 g/mol. The predicted octanol–water partition coefficient (Wildman–Crippen LogP) is 5.02. The molecule has 2 amide bonds. The minimum Gasteiger partial charge on any atom is -0.360 e. The number of fused-ring (bicyclic) bond motifs is 1. The summed E-state index contributed by atoms with van der Waals surface area (Å²) in [7, 11) is 0. The summed E-state index contributed by atoms with van der Waals surface area (Å²) in [5.74, 6) is 0.618. The number of likely N-dealkylation sites (tertiary alicyclic amines) is 1. The molecular weight excluding hydrogens is 484 g/mol. The Kier molecular flexibility index (Phi) is 6.34. The summed E-state index contributed by atoms with van der Waals surface area (Å²) >= 11 is 1.54. The summed E-state index contributed by atoms with van der Waals surface area (Å²) in [5.41, 5.74) is 5.10. The first-order valence-corrected chi connectivity index (χ1v) is 13.6. The van der Waals surface area contributed by atoms with Gasteiger partial charge in [0, 0.05) is 36.0 Å². The first-order chi connectivity index (χ1) is 18.1. The van der Waals surface area contributed by atoms with Gasteiger partial charge in [-0.25, -0.2) is 4.98 Å². The third-order valence-corrected chi connectivity index (χ3v) is 8.40. The highest BCUT2D eigenvalue weighted by molar-refractivity contribution is 7.09. The molecule has 1 aliphatic heterocycles. The van der Waals surface area contributed by atoms with Gasteiger partial charge in [-0.05, 0) is 43.7 Å². The number of carbonyl (C=O) groups excluding carboxylic acids is 2. The molecule has 0 spiro atoms. The van der Waals surface area contributed by atoms with Crippen LogP contribution in [-0.4, -0.2) is 46.0 Å². The Balaban J connectivity index is 1.07. The lowest BCUT2D eigenvalue weighted by Crippen LogP contribution is -2.38. The van der Waals surface area contributed by atoms with Crippen LogP contribution in [0, 0.1) is 6.92 Å². The van der Waals surface area contributed by atoms with Crippen LogP contribution in [0.1, 0.15) is 61.5 Å². The van der Waals surface area contributed by atoms with Crippen LogP contribution in [0.3, 0.4) is 0 Å². The van der Waals surface area contributed by atoms with Gasteiger partial charge in [-0.1, -0.05) is 59.8 Å². The average Bonchev–Trinajstić information content (AvgIpc) is 3.67. The second-order valence-corrected chi connectivity index (χ2v) is 10.7. The largest absolute Gasteiger partial charge is 0.360 e. The van der Waals surface area contributed by atoms with E-state index in [0.717, 1.165) is 36.3 Å². The molecule has 1 fully saturated rings. The van der Waals surface area contributed by atoms with Crippen molar-refractivity contribution in [1.29, 1.82) is 0 Å². The van der Waals surface area contributed by atoms with E-state index in [1.165, 1.54) is 22.5 Å². The molecule has 1 saturated heterocycles. The topological polar surface area (TPSA) is 88.3 Å².